The quantitative estimate of drug-likeness (QED) is 0.294. The summed E-state index contributed by atoms with van der Waals surface area (Å²) >= 11 is 1.49. The van der Waals surface area contributed by atoms with Crippen molar-refractivity contribution in [2.45, 2.75) is 19.9 Å². The van der Waals surface area contributed by atoms with Gasteiger partial charge in [0, 0.05) is 51.8 Å². The molecule has 0 saturated carbocycles. The molecule has 2 aromatic heterocycles. The molecule has 0 fully saturated rings. The summed E-state index contributed by atoms with van der Waals surface area (Å²) in [5, 5.41) is 18.7. The highest BCUT2D eigenvalue weighted by Gasteiger charge is 2.11. The number of non-ortho nitro benzene ring substituents is 1. The van der Waals surface area contributed by atoms with Gasteiger partial charge in [0.1, 0.15) is 0 Å². The van der Waals surface area contributed by atoms with E-state index in [1.54, 1.807) is 23.0 Å². The summed E-state index contributed by atoms with van der Waals surface area (Å²) in [7, 11) is 0. The van der Waals surface area contributed by atoms with E-state index >= 15 is 0 Å². The summed E-state index contributed by atoms with van der Waals surface area (Å²) in [6.07, 6.45) is 3.73. The Kier molecular flexibility index (Phi) is 5.09. The number of nitrogens with zero attached hydrogens (tertiary/aromatic N) is 4. The van der Waals surface area contributed by atoms with Crippen molar-refractivity contribution in [3.63, 3.8) is 0 Å². The molecule has 0 bridgehead atoms. The Balaban J connectivity index is 1.80. The number of fused-ring (bicyclic) bond motifs is 1. The first-order valence-corrected chi connectivity index (χ1v) is 10.0. The maximum absolute atomic E-state index is 10.9. The molecule has 1 N–H and O–H groups in total. The highest BCUT2D eigenvalue weighted by Crippen LogP contribution is 2.23. The van der Waals surface area contributed by atoms with Crippen LogP contribution in [0.15, 0.2) is 70.2 Å². The van der Waals surface area contributed by atoms with Crippen molar-refractivity contribution in [3.05, 3.63) is 80.6 Å². The largest absolute Gasteiger partial charge is 0.361 e. The lowest BCUT2D eigenvalue weighted by Crippen LogP contribution is -2.14. The molecule has 0 radical (unpaired) electrons. The number of nitro groups is 1. The molecule has 29 heavy (non-hydrogen) atoms. The van der Waals surface area contributed by atoms with Gasteiger partial charge in [0.25, 0.3) is 5.69 Å². The molecular formula is C21H19N5O2S. The number of benzene rings is 2. The normalized spacial score (nSPS) is 12.4. The van der Waals surface area contributed by atoms with Crippen molar-refractivity contribution >= 4 is 34.1 Å². The molecule has 7 nitrogen and oxygen atoms in total. The number of thiazole rings is 1. The van der Waals surface area contributed by atoms with Crippen LogP contribution in [0.25, 0.3) is 22.2 Å². The fourth-order valence-corrected chi connectivity index (χ4v) is 3.96. The molecule has 0 aliphatic heterocycles. The van der Waals surface area contributed by atoms with Gasteiger partial charge in [-0.15, -0.1) is 11.3 Å². The lowest BCUT2D eigenvalue weighted by Gasteiger charge is -2.04. The monoisotopic (exact) mass is 405 g/mol. The summed E-state index contributed by atoms with van der Waals surface area (Å²) < 4.78 is 1.79. The first-order chi connectivity index (χ1) is 14.0. The first kappa shape index (κ1) is 18.8. The second kappa shape index (κ2) is 7.84. The Morgan fingerprint density at radius 2 is 1.93 bits per heavy atom. The van der Waals surface area contributed by atoms with Gasteiger partial charge in [-0.2, -0.15) is 5.10 Å². The molecule has 0 aliphatic rings. The molecule has 4 rings (SSSR count). The van der Waals surface area contributed by atoms with Crippen LogP contribution in [0.2, 0.25) is 0 Å². The SMILES string of the molecule is CC(C)N=c1scc(-c2ccc([N+](=O)[O-])cc2)n1N=Cc1c[nH]c2ccccc12. The van der Waals surface area contributed by atoms with Crippen molar-refractivity contribution in [3.8, 4) is 11.3 Å². The van der Waals surface area contributed by atoms with E-state index in [9.17, 15) is 10.1 Å². The van der Waals surface area contributed by atoms with E-state index in [1.165, 1.54) is 23.5 Å². The highest BCUT2D eigenvalue weighted by atomic mass is 32.1. The maximum atomic E-state index is 10.9. The van der Waals surface area contributed by atoms with E-state index in [-0.39, 0.29) is 11.7 Å². The summed E-state index contributed by atoms with van der Waals surface area (Å²) in [6.45, 7) is 4.03. The zero-order valence-electron chi connectivity index (χ0n) is 15.9. The van der Waals surface area contributed by atoms with Gasteiger partial charge in [-0.1, -0.05) is 18.2 Å². The van der Waals surface area contributed by atoms with Gasteiger partial charge in [0.2, 0.25) is 4.80 Å². The number of aromatic nitrogens is 2. The zero-order valence-corrected chi connectivity index (χ0v) is 16.8. The lowest BCUT2D eigenvalue weighted by atomic mass is 10.1. The molecule has 2 heterocycles. The number of nitro benzene ring substituents is 1. The number of hydrogen-bond acceptors (Lipinski definition) is 5. The fourth-order valence-electron chi connectivity index (χ4n) is 2.99. The third-order valence-corrected chi connectivity index (χ3v) is 5.19. The van der Waals surface area contributed by atoms with Crippen LogP contribution in [0.1, 0.15) is 19.4 Å². The fraction of sp³-hybridized carbons (Fsp3) is 0.143. The van der Waals surface area contributed by atoms with Crippen molar-refractivity contribution in [1.82, 2.24) is 9.66 Å². The topological polar surface area (TPSA) is 88.6 Å². The minimum Gasteiger partial charge on any atom is -0.361 e. The average molecular weight is 405 g/mol. The molecule has 146 valence electrons. The molecule has 2 aromatic carbocycles. The lowest BCUT2D eigenvalue weighted by molar-refractivity contribution is -0.384. The van der Waals surface area contributed by atoms with Crippen LogP contribution in [0.5, 0.6) is 0 Å². The van der Waals surface area contributed by atoms with Gasteiger partial charge < -0.3 is 4.98 Å². The Labute approximate surface area is 170 Å². The van der Waals surface area contributed by atoms with Crippen LogP contribution in [-0.2, 0) is 0 Å². The summed E-state index contributed by atoms with van der Waals surface area (Å²) in [4.78, 5) is 19.2. The van der Waals surface area contributed by atoms with E-state index in [2.05, 4.69) is 9.98 Å². The molecule has 0 spiro atoms. The van der Waals surface area contributed by atoms with Crippen molar-refractivity contribution < 1.29 is 4.92 Å². The Morgan fingerprint density at radius 1 is 1.17 bits per heavy atom. The van der Waals surface area contributed by atoms with Crippen molar-refractivity contribution in [1.29, 1.82) is 0 Å². The van der Waals surface area contributed by atoms with Crippen molar-refractivity contribution in [2.75, 3.05) is 0 Å². The van der Waals surface area contributed by atoms with Crippen LogP contribution in [-0.4, -0.2) is 26.8 Å². The average Bonchev–Trinajstić information content (AvgIpc) is 3.30. The predicted molar refractivity (Wildman–Crippen MR) is 116 cm³/mol. The summed E-state index contributed by atoms with van der Waals surface area (Å²) in [5.41, 5.74) is 3.76. The number of aromatic amines is 1. The predicted octanol–water partition coefficient (Wildman–Crippen LogP) is 4.80. The Bertz CT molecular complexity index is 1260. The van der Waals surface area contributed by atoms with E-state index in [0.717, 1.165) is 32.5 Å². The third-order valence-electron chi connectivity index (χ3n) is 4.36. The first-order valence-electron chi connectivity index (χ1n) is 9.12. The summed E-state index contributed by atoms with van der Waals surface area (Å²) in [5.74, 6) is 0. The second-order valence-corrected chi connectivity index (χ2v) is 7.61. The smallest absolute Gasteiger partial charge is 0.269 e. The maximum Gasteiger partial charge on any atom is 0.269 e. The summed E-state index contributed by atoms with van der Waals surface area (Å²) in [6, 6.07) is 14.6. The Morgan fingerprint density at radius 3 is 2.66 bits per heavy atom. The molecule has 0 saturated heterocycles. The molecule has 8 heteroatoms. The van der Waals surface area contributed by atoms with Gasteiger partial charge in [0.05, 0.1) is 16.8 Å². The van der Waals surface area contributed by atoms with Crippen LogP contribution in [0.3, 0.4) is 0 Å². The van der Waals surface area contributed by atoms with Crippen LogP contribution in [0.4, 0.5) is 5.69 Å². The standard InChI is InChI=1S/C21H19N5O2S/c1-14(2)24-21-25(23-12-16-11-22-19-6-4-3-5-18(16)19)20(13-29-21)15-7-9-17(10-8-15)26(27)28/h3-14,22H,1-2H3. The highest BCUT2D eigenvalue weighted by molar-refractivity contribution is 7.07. The minimum atomic E-state index is -0.403. The third kappa shape index (κ3) is 3.88. The van der Waals surface area contributed by atoms with Crippen LogP contribution < -0.4 is 4.80 Å². The van der Waals surface area contributed by atoms with E-state index < -0.39 is 4.92 Å². The number of rotatable bonds is 5. The van der Waals surface area contributed by atoms with Crippen LogP contribution >= 0.6 is 11.3 Å². The molecular weight excluding hydrogens is 386 g/mol. The van der Waals surface area contributed by atoms with Crippen LogP contribution in [0, 0.1) is 10.1 Å². The van der Waals surface area contributed by atoms with E-state index in [0.29, 0.717) is 0 Å². The molecule has 4 aromatic rings. The van der Waals surface area contributed by atoms with E-state index in [1.807, 2.05) is 49.7 Å². The Hall–Kier alpha value is -3.52. The van der Waals surface area contributed by atoms with E-state index in [4.69, 9.17) is 5.10 Å². The number of hydrogen-bond donors (Lipinski definition) is 1. The second-order valence-electron chi connectivity index (χ2n) is 6.78. The van der Waals surface area contributed by atoms with Gasteiger partial charge >= 0.3 is 0 Å². The minimum absolute atomic E-state index is 0.0601. The molecule has 0 aliphatic carbocycles. The van der Waals surface area contributed by atoms with Gasteiger partial charge in [-0.05, 0) is 32.0 Å². The number of nitrogens with one attached hydrogen (secondary N) is 1. The molecule has 0 atom stereocenters. The van der Waals surface area contributed by atoms with Gasteiger partial charge in [0.15, 0.2) is 0 Å². The zero-order chi connectivity index (χ0) is 20.4. The van der Waals surface area contributed by atoms with Gasteiger partial charge in [-0.3, -0.25) is 15.1 Å². The van der Waals surface area contributed by atoms with Crippen molar-refractivity contribution in [2.24, 2.45) is 10.1 Å². The van der Waals surface area contributed by atoms with Gasteiger partial charge in [-0.25, -0.2) is 4.68 Å². The number of para-hydroxylation sites is 1. The molecule has 0 amide bonds. The molecule has 0 unspecified atom stereocenters. The number of H-pyrrole nitrogens is 1.